The Kier molecular flexibility index (Phi) is 4.98. The number of primary amides is 1. The summed E-state index contributed by atoms with van der Waals surface area (Å²) < 4.78 is 1.98. The minimum absolute atomic E-state index is 0.0995. The molecule has 0 aliphatic rings. The number of hydrogen-bond donors (Lipinski definition) is 2. The molecule has 1 aromatic heterocycles. The standard InChI is InChI=1S/C11H20N4O/c1-3-6-15-10(4-5-14-15)8-13-9(2)7-11(12)16/h4-5,9,13H,3,6-8H2,1-2H3,(H2,12,16). The second kappa shape index (κ2) is 6.27. The van der Waals surface area contributed by atoms with Gasteiger partial charge in [0.25, 0.3) is 0 Å². The Balaban J connectivity index is 2.41. The molecule has 0 aromatic carbocycles. The molecule has 0 aliphatic heterocycles. The van der Waals surface area contributed by atoms with Crippen molar-refractivity contribution in [3.05, 3.63) is 18.0 Å². The van der Waals surface area contributed by atoms with Gasteiger partial charge in [-0.3, -0.25) is 9.48 Å². The molecule has 0 spiro atoms. The molecule has 0 radical (unpaired) electrons. The lowest BCUT2D eigenvalue weighted by molar-refractivity contribution is -0.118. The van der Waals surface area contributed by atoms with E-state index in [-0.39, 0.29) is 11.9 Å². The molecule has 3 N–H and O–H groups in total. The molecular formula is C11H20N4O. The van der Waals surface area contributed by atoms with Gasteiger partial charge in [-0.1, -0.05) is 6.92 Å². The third-order valence-corrected chi connectivity index (χ3v) is 2.38. The first-order valence-corrected chi connectivity index (χ1v) is 5.65. The average molecular weight is 224 g/mol. The van der Waals surface area contributed by atoms with Crippen LogP contribution in [0.1, 0.15) is 32.4 Å². The molecule has 1 aromatic rings. The van der Waals surface area contributed by atoms with Crippen LogP contribution in [0.3, 0.4) is 0 Å². The molecule has 90 valence electrons. The maximum atomic E-state index is 10.7. The molecule has 0 saturated carbocycles. The first-order valence-electron chi connectivity index (χ1n) is 5.65. The van der Waals surface area contributed by atoms with E-state index in [0.717, 1.165) is 18.7 Å². The Morgan fingerprint density at radius 2 is 2.44 bits per heavy atom. The van der Waals surface area contributed by atoms with Crippen molar-refractivity contribution < 1.29 is 4.79 Å². The van der Waals surface area contributed by atoms with Gasteiger partial charge in [0.2, 0.25) is 5.91 Å². The van der Waals surface area contributed by atoms with Crippen LogP contribution in [0.4, 0.5) is 0 Å². The largest absolute Gasteiger partial charge is 0.370 e. The van der Waals surface area contributed by atoms with Gasteiger partial charge in [-0.05, 0) is 19.4 Å². The summed E-state index contributed by atoms with van der Waals surface area (Å²) in [6, 6.07) is 2.09. The quantitative estimate of drug-likeness (QED) is 0.714. The van der Waals surface area contributed by atoms with Crippen molar-refractivity contribution >= 4 is 5.91 Å². The molecule has 5 nitrogen and oxygen atoms in total. The predicted octanol–water partition coefficient (Wildman–Crippen LogP) is 0.647. The molecule has 1 amide bonds. The van der Waals surface area contributed by atoms with Crippen LogP contribution in [0.5, 0.6) is 0 Å². The van der Waals surface area contributed by atoms with Crippen LogP contribution in [0.25, 0.3) is 0 Å². The third-order valence-electron chi connectivity index (χ3n) is 2.38. The number of carbonyl (C=O) groups excluding carboxylic acids is 1. The van der Waals surface area contributed by atoms with Gasteiger partial charge in [0.1, 0.15) is 0 Å². The van der Waals surface area contributed by atoms with Crippen molar-refractivity contribution in [2.45, 2.75) is 45.8 Å². The van der Waals surface area contributed by atoms with E-state index in [1.807, 2.05) is 17.7 Å². The highest BCUT2D eigenvalue weighted by Crippen LogP contribution is 2.01. The van der Waals surface area contributed by atoms with Gasteiger partial charge in [-0.15, -0.1) is 0 Å². The first kappa shape index (κ1) is 12.7. The zero-order valence-corrected chi connectivity index (χ0v) is 9.94. The summed E-state index contributed by atoms with van der Waals surface area (Å²) in [5, 5.41) is 7.48. The van der Waals surface area contributed by atoms with E-state index in [0.29, 0.717) is 13.0 Å². The van der Waals surface area contributed by atoms with E-state index in [2.05, 4.69) is 17.3 Å². The second-order valence-corrected chi connectivity index (χ2v) is 4.00. The molecule has 16 heavy (non-hydrogen) atoms. The van der Waals surface area contributed by atoms with Crippen LogP contribution >= 0.6 is 0 Å². The molecule has 1 rings (SSSR count). The van der Waals surface area contributed by atoms with Gasteiger partial charge in [0.05, 0.1) is 5.69 Å². The molecule has 1 heterocycles. The zero-order valence-electron chi connectivity index (χ0n) is 9.94. The van der Waals surface area contributed by atoms with Gasteiger partial charge < -0.3 is 11.1 Å². The second-order valence-electron chi connectivity index (χ2n) is 4.00. The molecule has 0 saturated heterocycles. The lowest BCUT2D eigenvalue weighted by atomic mass is 10.2. The van der Waals surface area contributed by atoms with Gasteiger partial charge in [-0.25, -0.2) is 0 Å². The fourth-order valence-electron chi connectivity index (χ4n) is 1.58. The van der Waals surface area contributed by atoms with E-state index >= 15 is 0 Å². The molecule has 1 unspecified atom stereocenters. The van der Waals surface area contributed by atoms with Gasteiger partial charge in [0, 0.05) is 31.7 Å². The van der Waals surface area contributed by atoms with E-state index < -0.39 is 0 Å². The Labute approximate surface area is 96.0 Å². The van der Waals surface area contributed by atoms with Crippen molar-refractivity contribution in [1.29, 1.82) is 0 Å². The monoisotopic (exact) mass is 224 g/mol. The average Bonchev–Trinajstić information content (AvgIpc) is 2.62. The Morgan fingerprint density at radius 1 is 1.69 bits per heavy atom. The van der Waals surface area contributed by atoms with Crippen molar-refractivity contribution in [3.8, 4) is 0 Å². The van der Waals surface area contributed by atoms with Crippen molar-refractivity contribution in [3.63, 3.8) is 0 Å². The Bertz CT molecular complexity index is 334. The lowest BCUT2D eigenvalue weighted by Crippen LogP contribution is -2.31. The maximum absolute atomic E-state index is 10.7. The summed E-state index contributed by atoms with van der Waals surface area (Å²) in [6.07, 6.45) is 3.22. The summed E-state index contributed by atoms with van der Waals surface area (Å²) in [5.41, 5.74) is 6.26. The van der Waals surface area contributed by atoms with Crippen LogP contribution in [0, 0.1) is 0 Å². The summed E-state index contributed by atoms with van der Waals surface area (Å²) in [7, 11) is 0. The smallest absolute Gasteiger partial charge is 0.218 e. The van der Waals surface area contributed by atoms with E-state index in [1.54, 1.807) is 6.20 Å². The number of aryl methyl sites for hydroxylation is 1. The lowest BCUT2D eigenvalue weighted by Gasteiger charge is -2.12. The Hall–Kier alpha value is -1.36. The van der Waals surface area contributed by atoms with Crippen molar-refractivity contribution in [1.82, 2.24) is 15.1 Å². The SMILES string of the molecule is CCCn1nccc1CNC(C)CC(N)=O. The normalized spacial score (nSPS) is 12.6. The zero-order chi connectivity index (χ0) is 12.0. The van der Waals surface area contributed by atoms with Crippen LogP contribution in [0.2, 0.25) is 0 Å². The number of hydrogen-bond acceptors (Lipinski definition) is 3. The minimum Gasteiger partial charge on any atom is -0.370 e. The molecule has 0 bridgehead atoms. The molecular weight excluding hydrogens is 204 g/mol. The highest BCUT2D eigenvalue weighted by molar-refractivity contribution is 5.74. The number of amides is 1. The highest BCUT2D eigenvalue weighted by atomic mass is 16.1. The van der Waals surface area contributed by atoms with Crippen molar-refractivity contribution in [2.75, 3.05) is 0 Å². The third kappa shape index (κ3) is 4.02. The fraction of sp³-hybridized carbons (Fsp3) is 0.636. The number of nitrogens with zero attached hydrogens (tertiary/aromatic N) is 2. The number of nitrogens with two attached hydrogens (primary N) is 1. The Morgan fingerprint density at radius 3 is 3.06 bits per heavy atom. The topological polar surface area (TPSA) is 72.9 Å². The van der Waals surface area contributed by atoms with Crippen LogP contribution in [-0.2, 0) is 17.9 Å². The van der Waals surface area contributed by atoms with Crippen LogP contribution in [-0.4, -0.2) is 21.7 Å². The van der Waals surface area contributed by atoms with Crippen LogP contribution < -0.4 is 11.1 Å². The number of aromatic nitrogens is 2. The number of rotatable bonds is 7. The van der Waals surface area contributed by atoms with E-state index in [1.165, 1.54) is 0 Å². The van der Waals surface area contributed by atoms with Crippen LogP contribution in [0.15, 0.2) is 12.3 Å². The number of carbonyl (C=O) groups is 1. The summed E-state index contributed by atoms with van der Waals surface area (Å²) >= 11 is 0. The highest BCUT2D eigenvalue weighted by Gasteiger charge is 2.07. The summed E-state index contributed by atoms with van der Waals surface area (Å²) in [4.78, 5) is 10.7. The van der Waals surface area contributed by atoms with E-state index in [4.69, 9.17) is 5.73 Å². The van der Waals surface area contributed by atoms with E-state index in [9.17, 15) is 4.79 Å². The predicted molar refractivity (Wildman–Crippen MR) is 62.6 cm³/mol. The summed E-state index contributed by atoms with van der Waals surface area (Å²) in [5.74, 6) is -0.276. The first-order chi connectivity index (χ1) is 7.63. The molecule has 5 heteroatoms. The molecule has 0 fully saturated rings. The fourth-order valence-corrected chi connectivity index (χ4v) is 1.58. The molecule has 0 aliphatic carbocycles. The molecule has 1 atom stereocenters. The summed E-state index contributed by atoms with van der Waals surface area (Å²) in [6.45, 7) is 5.71. The maximum Gasteiger partial charge on any atom is 0.218 e. The number of nitrogens with one attached hydrogen (secondary N) is 1. The van der Waals surface area contributed by atoms with Gasteiger partial charge >= 0.3 is 0 Å². The van der Waals surface area contributed by atoms with Crippen molar-refractivity contribution in [2.24, 2.45) is 5.73 Å². The van der Waals surface area contributed by atoms with Gasteiger partial charge in [0.15, 0.2) is 0 Å². The van der Waals surface area contributed by atoms with Gasteiger partial charge in [-0.2, -0.15) is 5.10 Å². The minimum atomic E-state index is -0.276.